The summed E-state index contributed by atoms with van der Waals surface area (Å²) in [7, 11) is 0. The standard InChI is InChI=1S/C15H22N4O2S/c1-3-12-8-13(20)19-14(16-12)22-15(17-19)18-7-5-6-11(9-18)10-21-4-2/h8,11H,3-7,9-10H2,1-2H3. The van der Waals surface area contributed by atoms with Crippen LogP contribution in [0.4, 0.5) is 5.13 Å². The summed E-state index contributed by atoms with van der Waals surface area (Å²) >= 11 is 1.50. The van der Waals surface area contributed by atoms with Crippen molar-refractivity contribution < 1.29 is 4.74 Å². The van der Waals surface area contributed by atoms with Crippen molar-refractivity contribution in [2.75, 3.05) is 31.2 Å². The molecule has 0 N–H and O–H groups in total. The Labute approximate surface area is 133 Å². The average Bonchev–Trinajstić information content (AvgIpc) is 2.98. The smallest absolute Gasteiger partial charge is 0.275 e. The minimum absolute atomic E-state index is 0.0905. The van der Waals surface area contributed by atoms with Gasteiger partial charge in [-0.05, 0) is 32.1 Å². The molecule has 0 saturated carbocycles. The predicted molar refractivity (Wildman–Crippen MR) is 87.9 cm³/mol. The Morgan fingerprint density at radius 1 is 1.45 bits per heavy atom. The van der Waals surface area contributed by atoms with Gasteiger partial charge in [0.15, 0.2) is 0 Å². The summed E-state index contributed by atoms with van der Waals surface area (Å²) in [5.41, 5.74) is 0.736. The van der Waals surface area contributed by atoms with Crippen LogP contribution in [0.1, 0.15) is 32.4 Å². The van der Waals surface area contributed by atoms with E-state index in [4.69, 9.17) is 4.74 Å². The van der Waals surface area contributed by atoms with Gasteiger partial charge in [-0.15, -0.1) is 5.10 Å². The number of aromatic nitrogens is 3. The number of anilines is 1. The lowest BCUT2D eigenvalue weighted by Crippen LogP contribution is -2.37. The van der Waals surface area contributed by atoms with Crippen molar-refractivity contribution in [3.63, 3.8) is 0 Å². The molecular formula is C15H22N4O2S. The zero-order valence-electron chi connectivity index (χ0n) is 13.1. The van der Waals surface area contributed by atoms with Gasteiger partial charge < -0.3 is 9.64 Å². The molecule has 0 amide bonds. The molecule has 1 atom stereocenters. The van der Waals surface area contributed by atoms with Crippen molar-refractivity contribution in [3.05, 3.63) is 22.1 Å². The second kappa shape index (κ2) is 6.75. The SMILES string of the molecule is CCOCC1CCCN(c2nn3c(=O)cc(CC)nc3s2)C1. The number of fused-ring (bicyclic) bond motifs is 1. The van der Waals surface area contributed by atoms with Crippen LogP contribution < -0.4 is 10.5 Å². The lowest BCUT2D eigenvalue weighted by Gasteiger charge is -2.31. The summed E-state index contributed by atoms with van der Waals surface area (Å²) in [6.07, 6.45) is 3.09. The number of hydrogen-bond donors (Lipinski definition) is 0. The molecule has 3 heterocycles. The molecule has 1 unspecified atom stereocenters. The lowest BCUT2D eigenvalue weighted by molar-refractivity contribution is 0.104. The second-order valence-electron chi connectivity index (χ2n) is 5.63. The molecular weight excluding hydrogens is 300 g/mol. The molecule has 22 heavy (non-hydrogen) atoms. The van der Waals surface area contributed by atoms with E-state index in [1.54, 1.807) is 6.07 Å². The van der Waals surface area contributed by atoms with E-state index in [0.717, 1.165) is 50.0 Å². The molecule has 0 bridgehead atoms. The van der Waals surface area contributed by atoms with Gasteiger partial charge in [0.25, 0.3) is 5.56 Å². The molecule has 2 aromatic heterocycles. The number of ether oxygens (including phenoxy) is 1. The van der Waals surface area contributed by atoms with E-state index >= 15 is 0 Å². The fourth-order valence-electron chi connectivity index (χ4n) is 2.81. The van der Waals surface area contributed by atoms with E-state index < -0.39 is 0 Å². The van der Waals surface area contributed by atoms with Crippen molar-refractivity contribution in [1.82, 2.24) is 14.6 Å². The molecule has 3 rings (SSSR count). The Morgan fingerprint density at radius 3 is 3.09 bits per heavy atom. The predicted octanol–water partition coefficient (Wildman–Crippen LogP) is 1.97. The first-order valence-electron chi connectivity index (χ1n) is 7.93. The fraction of sp³-hybridized carbons (Fsp3) is 0.667. The van der Waals surface area contributed by atoms with Crippen LogP contribution in [0.5, 0.6) is 0 Å². The topological polar surface area (TPSA) is 59.7 Å². The Kier molecular flexibility index (Phi) is 4.73. The Morgan fingerprint density at radius 2 is 2.32 bits per heavy atom. The summed E-state index contributed by atoms with van der Waals surface area (Å²) in [6.45, 7) is 7.51. The highest BCUT2D eigenvalue weighted by molar-refractivity contribution is 7.20. The summed E-state index contributed by atoms with van der Waals surface area (Å²) in [6, 6.07) is 1.57. The molecule has 1 aliphatic rings. The summed E-state index contributed by atoms with van der Waals surface area (Å²) in [4.78, 5) is 19.5. The summed E-state index contributed by atoms with van der Waals surface area (Å²) in [5.74, 6) is 0.539. The van der Waals surface area contributed by atoms with Crippen molar-refractivity contribution in [1.29, 1.82) is 0 Å². The van der Waals surface area contributed by atoms with Crippen LogP contribution in [0.25, 0.3) is 4.96 Å². The van der Waals surface area contributed by atoms with Crippen LogP contribution in [-0.4, -0.2) is 40.9 Å². The van der Waals surface area contributed by atoms with Crippen molar-refractivity contribution in [2.24, 2.45) is 5.92 Å². The maximum atomic E-state index is 12.1. The summed E-state index contributed by atoms with van der Waals surface area (Å²) < 4.78 is 6.98. The molecule has 0 spiro atoms. The fourth-order valence-corrected chi connectivity index (χ4v) is 3.78. The first-order chi connectivity index (χ1) is 10.7. The highest BCUT2D eigenvalue weighted by Gasteiger charge is 2.23. The van der Waals surface area contributed by atoms with Gasteiger partial charge in [-0.25, -0.2) is 4.98 Å². The monoisotopic (exact) mass is 322 g/mol. The third-order valence-electron chi connectivity index (χ3n) is 4.00. The van der Waals surface area contributed by atoms with Gasteiger partial charge >= 0.3 is 0 Å². The molecule has 6 nitrogen and oxygen atoms in total. The molecule has 1 saturated heterocycles. The van der Waals surface area contributed by atoms with E-state index in [9.17, 15) is 4.79 Å². The quantitative estimate of drug-likeness (QED) is 0.842. The van der Waals surface area contributed by atoms with Crippen LogP contribution in [-0.2, 0) is 11.2 Å². The summed E-state index contributed by atoms with van der Waals surface area (Å²) in [5, 5.41) is 5.36. The number of nitrogens with zero attached hydrogens (tertiary/aromatic N) is 4. The molecule has 0 radical (unpaired) electrons. The maximum Gasteiger partial charge on any atom is 0.275 e. The van der Waals surface area contributed by atoms with Crippen LogP contribution in [0, 0.1) is 5.92 Å². The van der Waals surface area contributed by atoms with Crippen molar-refractivity contribution in [3.8, 4) is 0 Å². The van der Waals surface area contributed by atoms with Gasteiger partial charge in [-0.3, -0.25) is 4.79 Å². The third-order valence-corrected chi connectivity index (χ3v) is 4.97. The molecule has 7 heteroatoms. The van der Waals surface area contributed by atoms with Gasteiger partial charge in [-0.1, -0.05) is 18.3 Å². The minimum atomic E-state index is -0.0905. The zero-order chi connectivity index (χ0) is 15.5. The largest absolute Gasteiger partial charge is 0.381 e. The molecule has 0 aliphatic carbocycles. The number of piperidine rings is 1. The van der Waals surface area contributed by atoms with Gasteiger partial charge in [-0.2, -0.15) is 4.52 Å². The van der Waals surface area contributed by atoms with E-state index in [0.29, 0.717) is 10.9 Å². The number of aryl methyl sites for hydroxylation is 1. The Hall–Kier alpha value is -1.47. The van der Waals surface area contributed by atoms with Gasteiger partial charge in [0.2, 0.25) is 10.1 Å². The van der Waals surface area contributed by atoms with Gasteiger partial charge in [0, 0.05) is 31.5 Å². The lowest BCUT2D eigenvalue weighted by atomic mass is 9.99. The first-order valence-corrected chi connectivity index (χ1v) is 8.75. The molecule has 2 aromatic rings. The number of hydrogen-bond acceptors (Lipinski definition) is 6. The van der Waals surface area contributed by atoms with Gasteiger partial charge in [0.1, 0.15) is 0 Å². The van der Waals surface area contributed by atoms with E-state index in [1.807, 2.05) is 13.8 Å². The molecule has 120 valence electrons. The van der Waals surface area contributed by atoms with Crippen molar-refractivity contribution >= 4 is 21.4 Å². The highest BCUT2D eigenvalue weighted by Crippen LogP contribution is 2.27. The average molecular weight is 322 g/mol. The second-order valence-corrected chi connectivity index (χ2v) is 6.57. The highest BCUT2D eigenvalue weighted by atomic mass is 32.1. The van der Waals surface area contributed by atoms with E-state index in [1.165, 1.54) is 22.3 Å². The first kappa shape index (κ1) is 15.4. The molecule has 1 aliphatic heterocycles. The Bertz CT molecular complexity index is 696. The molecule has 0 aromatic carbocycles. The Balaban J connectivity index is 1.83. The van der Waals surface area contributed by atoms with Crippen molar-refractivity contribution in [2.45, 2.75) is 33.1 Å². The van der Waals surface area contributed by atoms with E-state index in [-0.39, 0.29) is 5.56 Å². The number of rotatable bonds is 5. The molecule has 1 fully saturated rings. The van der Waals surface area contributed by atoms with E-state index in [2.05, 4.69) is 15.0 Å². The zero-order valence-corrected chi connectivity index (χ0v) is 13.9. The third kappa shape index (κ3) is 3.15. The van der Waals surface area contributed by atoms with Crippen LogP contribution in [0.15, 0.2) is 10.9 Å². The van der Waals surface area contributed by atoms with Crippen LogP contribution >= 0.6 is 11.3 Å². The van der Waals surface area contributed by atoms with Crippen LogP contribution in [0.3, 0.4) is 0 Å². The maximum absolute atomic E-state index is 12.1. The minimum Gasteiger partial charge on any atom is -0.381 e. The normalized spacial score (nSPS) is 19.0. The van der Waals surface area contributed by atoms with Crippen LogP contribution in [0.2, 0.25) is 0 Å². The van der Waals surface area contributed by atoms with Gasteiger partial charge in [0.05, 0.1) is 6.61 Å².